The quantitative estimate of drug-likeness (QED) is 0.602. The summed E-state index contributed by atoms with van der Waals surface area (Å²) < 4.78 is 0. The third kappa shape index (κ3) is 5.33. The first kappa shape index (κ1) is 15.4. The molecule has 6 nitrogen and oxygen atoms in total. The molecule has 0 saturated heterocycles. The molecule has 0 rings (SSSR count). The van der Waals surface area contributed by atoms with Gasteiger partial charge in [0.15, 0.2) is 0 Å². The van der Waals surface area contributed by atoms with Crippen LogP contribution in [0.2, 0.25) is 0 Å². The molecule has 0 saturated carbocycles. The summed E-state index contributed by atoms with van der Waals surface area (Å²) in [5.74, 6) is -0.947. The van der Waals surface area contributed by atoms with Gasteiger partial charge in [-0.3, -0.25) is 14.4 Å². The third-order valence-electron chi connectivity index (χ3n) is 2.31. The number of rotatable bonds is 5. The molecule has 98 valence electrons. The summed E-state index contributed by atoms with van der Waals surface area (Å²) in [5, 5.41) is 7.55. The van der Waals surface area contributed by atoms with E-state index in [0.717, 1.165) is 0 Å². The summed E-state index contributed by atoms with van der Waals surface area (Å²) in [4.78, 5) is 34.1. The maximum atomic E-state index is 11.8. The fourth-order valence-corrected chi connectivity index (χ4v) is 1.34. The smallest absolute Gasteiger partial charge is 0.243 e. The minimum absolute atomic E-state index is 0.0456. The second kappa shape index (κ2) is 6.88. The molecule has 0 aliphatic heterocycles. The first-order valence-corrected chi connectivity index (χ1v) is 5.58. The van der Waals surface area contributed by atoms with E-state index in [1.807, 2.05) is 13.8 Å². The lowest BCUT2D eigenvalue weighted by atomic mass is 10.0. The van der Waals surface area contributed by atoms with Crippen LogP contribution in [-0.2, 0) is 14.4 Å². The van der Waals surface area contributed by atoms with E-state index in [2.05, 4.69) is 16.0 Å². The predicted molar refractivity (Wildman–Crippen MR) is 64.1 cm³/mol. The summed E-state index contributed by atoms with van der Waals surface area (Å²) >= 11 is 0. The van der Waals surface area contributed by atoms with E-state index >= 15 is 0 Å². The van der Waals surface area contributed by atoms with Crippen molar-refractivity contribution in [1.82, 2.24) is 16.0 Å². The Morgan fingerprint density at radius 1 is 0.941 bits per heavy atom. The Morgan fingerprint density at radius 3 is 1.82 bits per heavy atom. The standard InChI is InChI=1S/C11H21N3O3/c1-6(2)9(14-8(4)15)11(17)13-7(3)10(16)12-5/h6-7,9H,1-5H3,(H,12,16)(H,13,17)(H,14,15)/t7-,9+/m1/s1. The van der Waals surface area contributed by atoms with Gasteiger partial charge in [0.1, 0.15) is 12.1 Å². The Bertz CT molecular complexity index is 302. The minimum Gasteiger partial charge on any atom is -0.357 e. The average Bonchev–Trinajstić information content (AvgIpc) is 2.23. The van der Waals surface area contributed by atoms with E-state index in [-0.39, 0.29) is 23.6 Å². The van der Waals surface area contributed by atoms with Crippen LogP contribution in [0.1, 0.15) is 27.7 Å². The van der Waals surface area contributed by atoms with Crippen molar-refractivity contribution < 1.29 is 14.4 Å². The number of hydrogen-bond donors (Lipinski definition) is 3. The molecule has 3 N–H and O–H groups in total. The third-order valence-corrected chi connectivity index (χ3v) is 2.31. The highest BCUT2D eigenvalue weighted by Crippen LogP contribution is 2.02. The number of carbonyl (C=O) groups excluding carboxylic acids is 3. The van der Waals surface area contributed by atoms with Gasteiger partial charge in [0.25, 0.3) is 0 Å². The van der Waals surface area contributed by atoms with Crippen LogP contribution in [0.5, 0.6) is 0 Å². The van der Waals surface area contributed by atoms with Crippen molar-refractivity contribution in [3.63, 3.8) is 0 Å². The first-order valence-electron chi connectivity index (χ1n) is 5.58. The van der Waals surface area contributed by atoms with Gasteiger partial charge in [0.05, 0.1) is 0 Å². The molecular weight excluding hydrogens is 222 g/mol. The molecule has 0 aromatic carbocycles. The highest BCUT2D eigenvalue weighted by Gasteiger charge is 2.25. The highest BCUT2D eigenvalue weighted by molar-refractivity contribution is 5.91. The number of carbonyl (C=O) groups is 3. The van der Waals surface area contributed by atoms with Gasteiger partial charge in [-0.25, -0.2) is 0 Å². The fourth-order valence-electron chi connectivity index (χ4n) is 1.34. The second-order valence-electron chi connectivity index (χ2n) is 4.27. The van der Waals surface area contributed by atoms with Crippen LogP contribution in [-0.4, -0.2) is 36.9 Å². The molecule has 0 aliphatic rings. The maximum Gasteiger partial charge on any atom is 0.243 e. The molecule has 0 aromatic heterocycles. The van der Waals surface area contributed by atoms with E-state index < -0.39 is 12.1 Å². The monoisotopic (exact) mass is 243 g/mol. The molecule has 0 bridgehead atoms. The molecule has 0 spiro atoms. The lowest BCUT2D eigenvalue weighted by Crippen LogP contribution is -2.53. The molecule has 0 unspecified atom stereocenters. The summed E-state index contributed by atoms with van der Waals surface area (Å²) in [6, 6.07) is -1.25. The van der Waals surface area contributed by atoms with Crippen LogP contribution in [0.25, 0.3) is 0 Å². The zero-order chi connectivity index (χ0) is 13.6. The Hall–Kier alpha value is -1.59. The molecular formula is C11H21N3O3. The van der Waals surface area contributed by atoms with Crippen molar-refractivity contribution in [2.45, 2.75) is 39.8 Å². The van der Waals surface area contributed by atoms with E-state index in [9.17, 15) is 14.4 Å². The Balaban J connectivity index is 4.53. The van der Waals surface area contributed by atoms with Crippen molar-refractivity contribution in [1.29, 1.82) is 0 Å². The molecule has 0 aromatic rings. The van der Waals surface area contributed by atoms with Crippen molar-refractivity contribution in [2.24, 2.45) is 5.92 Å². The number of nitrogens with one attached hydrogen (secondary N) is 3. The maximum absolute atomic E-state index is 11.8. The van der Waals surface area contributed by atoms with E-state index in [4.69, 9.17) is 0 Å². The summed E-state index contributed by atoms with van der Waals surface area (Å²) in [7, 11) is 1.50. The van der Waals surface area contributed by atoms with Crippen molar-refractivity contribution >= 4 is 17.7 Å². The van der Waals surface area contributed by atoms with Crippen LogP contribution < -0.4 is 16.0 Å². The predicted octanol–water partition coefficient (Wildman–Crippen LogP) is -0.602. The van der Waals surface area contributed by atoms with Crippen molar-refractivity contribution in [3.8, 4) is 0 Å². The summed E-state index contributed by atoms with van der Waals surface area (Å²) in [6.45, 7) is 6.59. The summed E-state index contributed by atoms with van der Waals surface area (Å²) in [5.41, 5.74) is 0. The molecule has 3 amide bonds. The normalized spacial score (nSPS) is 13.8. The fraction of sp³-hybridized carbons (Fsp3) is 0.727. The average molecular weight is 243 g/mol. The molecule has 17 heavy (non-hydrogen) atoms. The van der Waals surface area contributed by atoms with E-state index in [0.29, 0.717) is 0 Å². The molecule has 0 heterocycles. The van der Waals surface area contributed by atoms with Gasteiger partial charge < -0.3 is 16.0 Å². The molecule has 0 fully saturated rings. The zero-order valence-electron chi connectivity index (χ0n) is 11.0. The van der Waals surface area contributed by atoms with Gasteiger partial charge in [-0.05, 0) is 12.8 Å². The minimum atomic E-state index is -0.625. The van der Waals surface area contributed by atoms with Crippen LogP contribution in [0.3, 0.4) is 0 Å². The van der Waals surface area contributed by atoms with Crippen molar-refractivity contribution in [2.75, 3.05) is 7.05 Å². The van der Waals surface area contributed by atoms with Gasteiger partial charge in [-0.2, -0.15) is 0 Å². The van der Waals surface area contributed by atoms with Crippen LogP contribution in [0.15, 0.2) is 0 Å². The lowest BCUT2D eigenvalue weighted by molar-refractivity contribution is -0.132. The highest BCUT2D eigenvalue weighted by atomic mass is 16.2. The lowest BCUT2D eigenvalue weighted by Gasteiger charge is -2.22. The largest absolute Gasteiger partial charge is 0.357 e. The first-order chi connectivity index (χ1) is 7.79. The zero-order valence-corrected chi connectivity index (χ0v) is 11.0. The van der Waals surface area contributed by atoms with Crippen molar-refractivity contribution in [3.05, 3.63) is 0 Å². The van der Waals surface area contributed by atoms with Gasteiger partial charge in [-0.1, -0.05) is 13.8 Å². The van der Waals surface area contributed by atoms with Crippen LogP contribution in [0.4, 0.5) is 0 Å². The molecule has 0 radical (unpaired) electrons. The number of hydrogen-bond acceptors (Lipinski definition) is 3. The number of likely N-dealkylation sites (N-methyl/N-ethyl adjacent to an activating group) is 1. The van der Waals surface area contributed by atoms with E-state index in [1.54, 1.807) is 6.92 Å². The SMILES string of the molecule is CNC(=O)[C@@H](C)NC(=O)[C@@H](NC(C)=O)C(C)C. The Labute approximate surface area is 102 Å². The van der Waals surface area contributed by atoms with Gasteiger partial charge in [0, 0.05) is 14.0 Å². The topological polar surface area (TPSA) is 87.3 Å². The number of amides is 3. The summed E-state index contributed by atoms with van der Waals surface area (Å²) in [6.07, 6.45) is 0. The Kier molecular flexibility index (Phi) is 6.23. The molecule has 6 heteroatoms. The second-order valence-corrected chi connectivity index (χ2v) is 4.27. The molecule has 0 aliphatic carbocycles. The van der Waals surface area contributed by atoms with Crippen LogP contribution >= 0.6 is 0 Å². The van der Waals surface area contributed by atoms with Gasteiger partial charge in [-0.15, -0.1) is 0 Å². The Morgan fingerprint density at radius 2 is 1.47 bits per heavy atom. The van der Waals surface area contributed by atoms with Gasteiger partial charge in [0.2, 0.25) is 17.7 Å². The molecule has 2 atom stereocenters. The van der Waals surface area contributed by atoms with Gasteiger partial charge >= 0.3 is 0 Å². The van der Waals surface area contributed by atoms with Crippen LogP contribution in [0, 0.1) is 5.92 Å². The van der Waals surface area contributed by atoms with E-state index in [1.165, 1.54) is 14.0 Å².